The predicted octanol–water partition coefficient (Wildman–Crippen LogP) is 2.85. The molecule has 0 rings (SSSR count). The first-order valence-electron chi connectivity index (χ1n) is 6.39. The van der Waals surface area contributed by atoms with Gasteiger partial charge < -0.3 is 15.2 Å². The van der Waals surface area contributed by atoms with Crippen LogP contribution in [0.25, 0.3) is 0 Å². The second kappa shape index (κ2) is 12.5. The van der Waals surface area contributed by atoms with Crippen LogP contribution in [0.15, 0.2) is 12.3 Å². The normalized spacial score (nSPS) is 13.2. The summed E-state index contributed by atoms with van der Waals surface area (Å²) in [6.07, 6.45) is 10.3. The molecule has 16 heavy (non-hydrogen) atoms. The molecule has 0 aliphatic carbocycles. The van der Waals surface area contributed by atoms with E-state index in [4.69, 9.17) is 15.2 Å². The number of hydrogen-bond donors (Lipinski definition) is 1. The van der Waals surface area contributed by atoms with Crippen molar-refractivity contribution in [2.24, 2.45) is 5.73 Å². The van der Waals surface area contributed by atoms with Gasteiger partial charge in [-0.2, -0.15) is 0 Å². The van der Waals surface area contributed by atoms with Crippen LogP contribution in [-0.2, 0) is 9.47 Å². The Labute approximate surface area is 100.0 Å². The highest BCUT2D eigenvalue weighted by Gasteiger charge is 1.99. The highest BCUT2D eigenvalue weighted by molar-refractivity contribution is 4.73. The van der Waals surface area contributed by atoms with Gasteiger partial charge in [-0.1, -0.05) is 26.2 Å². The van der Waals surface area contributed by atoms with E-state index < -0.39 is 0 Å². The topological polar surface area (TPSA) is 44.5 Å². The molecule has 0 heterocycles. The van der Waals surface area contributed by atoms with E-state index in [9.17, 15) is 0 Å². The Kier molecular flexibility index (Phi) is 12.1. The summed E-state index contributed by atoms with van der Waals surface area (Å²) in [4.78, 5) is 0. The van der Waals surface area contributed by atoms with Crippen LogP contribution in [0.5, 0.6) is 0 Å². The maximum Gasteiger partial charge on any atom is 0.113 e. The third-order valence-corrected chi connectivity index (χ3v) is 2.27. The minimum atomic E-state index is 0.119. The van der Waals surface area contributed by atoms with Crippen LogP contribution < -0.4 is 5.73 Å². The lowest BCUT2D eigenvalue weighted by Gasteiger charge is -2.11. The smallest absolute Gasteiger partial charge is 0.113 e. The van der Waals surface area contributed by atoms with Crippen molar-refractivity contribution in [2.75, 3.05) is 19.8 Å². The maximum absolute atomic E-state index is 5.37. The molecule has 0 aromatic carbocycles. The molecular formula is C13H27NO2. The largest absolute Gasteiger partial charge is 0.499 e. The van der Waals surface area contributed by atoms with E-state index in [-0.39, 0.29) is 6.10 Å². The molecule has 1 atom stereocenters. The quantitative estimate of drug-likeness (QED) is 0.437. The molecule has 0 aromatic rings. The molecular weight excluding hydrogens is 202 g/mol. The summed E-state index contributed by atoms with van der Waals surface area (Å²) >= 11 is 0. The highest BCUT2D eigenvalue weighted by Crippen LogP contribution is 2.03. The molecule has 0 aromatic heterocycles. The average Bonchev–Trinajstić information content (AvgIpc) is 2.30. The summed E-state index contributed by atoms with van der Waals surface area (Å²) in [6.45, 7) is 5.99. The van der Waals surface area contributed by atoms with Gasteiger partial charge in [-0.3, -0.25) is 0 Å². The molecule has 3 nitrogen and oxygen atoms in total. The first kappa shape index (κ1) is 15.5. The zero-order valence-electron chi connectivity index (χ0n) is 10.8. The Morgan fingerprint density at radius 1 is 1.25 bits per heavy atom. The van der Waals surface area contributed by atoms with Crippen molar-refractivity contribution in [1.82, 2.24) is 0 Å². The van der Waals surface area contributed by atoms with Gasteiger partial charge >= 0.3 is 0 Å². The number of nitrogens with two attached hydrogens (primary N) is 1. The van der Waals surface area contributed by atoms with Crippen LogP contribution in [0, 0.1) is 0 Å². The van der Waals surface area contributed by atoms with Crippen molar-refractivity contribution in [3.05, 3.63) is 12.3 Å². The Morgan fingerprint density at radius 2 is 2.06 bits per heavy atom. The van der Waals surface area contributed by atoms with E-state index in [2.05, 4.69) is 13.0 Å². The van der Waals surface area contributed by atoms with Gasteiger partial charge in [-0.05, 0) is 25.8 Å². The fourth-order valence-corrected chi connectivity index (χ4v) is 1.33. The van der Waals surface area contributed by atoms with Crippen LogP contribution >= 0.6 is 0 Å². The molecule has 0 spiro atoms. The summed E-state index contributed by atoms with van der Waals surface area (Å²) in [5.74, 6) is 0. The van der Waals surface area contributed by atoms with Gasteiger partial charge in [0.2, 0.25) is 0 Å². The molecule has 0 fully saturated rings. The van der Waals surface area contributed by atoms with Crippen molar-refractivity contribution < 1.29 is 9.47 Å². The molecule has 0 radical (unpaired) electrons. The Morgan fingerprint density at radius 3 is 2.75 bits per heavy atom. The van der Waals surface area contributed by atoms with Crippen LogP contribution in [0.2, 0.25) is 0 Å². The lowest BCUT2D eigenvalue weighted by atomic mass is 10.1. The van der Waals surface area contributed by atoms with Crippen molar-refractivity contribution in [1.29, 1.82) is 0 Å². The molecule has 0 aliphatic heterocycles. The third-order valence-electron chi connectivity index (χ3n) is 2.27. The SMILES string of the molecule is CCCCCCC=COCC(C)OCCN. The lowest BCUT2D eigenvalue weighted by molar-refractivity contribution is 0.0238. The molecule has 1 unspecified atom stereocenters. The van der Waals surface area contributed by atoms with Gasteiger partial charge in [-0.25, -0.2) is 0 Å². The van der Waals surface area contributed by atoms with Crippen molar-refractivity contribution >= 4 is 0 Å². The molecule has 96 valence electrons. The van der Waals surface area contributed by atoms with Gasteiger partial charge in [0, 0.05) is 6.54 Å². The molecule has 0 aliphatic rings. The second-order valence-electron chi connectivity index (χ2n) is 4.02. The fraction of sp³-hybridized carbons (Fsp3) is 0.846. The van der Waals surface area contributed by atoms with Gasteiger partial charge in [0.15, 0.2) is 0 Å². The van der Waals surface area contributed by atoms with E-state index >= 15 is 0 Å². The number of unbranched alkanes of at least 4 members (excludes halogenated alkanes) is 4. The summed E-state index contributed by atoms with van der Waals surface area (Å²) < 4.78 is 10.7. The highest BCUT2D eigenvalue weighted by atomic mass is 16.5. The Balaban J connectivity index is 3.19. The van der Waals surface area contributed by atoms with Gasteiger partial charge in [0.25, 0.3) is 0 Å². The summed E-state index contributed by atoms with van der Waals surface area (Å²) in [5.41, 5.74) is 5.33. The monoisotopic (exact) mass is 229 g/mol. The molecule has 0 saturated carbocycles. The Bertz CT molecular complexity index is 160. The molecule has 3 heteroatoms. The van der Waals surface area contributed by atoms with E-state index in [1.807, 2.05) is 6.92 Å². The van der Waals surface area contributed by atoms with Gasteiger partial charge in [0.05, 0.1) is 19.0 Å². The van der Waals surface area contributed by atoms with E-state index in [1.165, 1.54) is 25.7 Å². The molecule has 0 saturated heterocycles. The maximum atomic E-state index is 5.37. The number of allylic oxidation sites excluding steroid dienone is 1. The Hall–Kier alpha value is -0.540. The standard InChI is InChI=1S/C13H27NO2/c1-3-4-5-6-7-8-10-15-12-13(2)16-11-9-14/h8,10,13H,3-7,9,11-12,14H2,1-2H3. The van der Waals surface area contributed by atoms with Crippen LogP contribution in [-0.4, -0.2) is 25.9 Å². The third kappa shape index (κ3) is 11.5. The second-order valence-corrected chi connectivity index (χ2v) is 4.02. The molecule has 0 amide bonds. The van der Waals surface area contributed by atoms with Crippen LogP contribution in [0.4, 0.5) is 0 Å². The molecule has 2 N–H and O–H groups in total. The zero-order valence-corrected chi connectivity index (χ0v) is 10.8. The van der Waals surface area contributed by atoms with Crippen LogP contribution in [0.1, 0.15) is 46.0 Å². The minimum absolute atomic E-state index is 0.119. The first-order chi connectivity index (χ1) is 7.81. The van der Waals surface area contributed by atoms with E-state index in [0.29, 0.717) is 19.8 Å². The first-order valence-corrected chi connectivity index (χ1v) is 6.39. The summed E-state index contributed by atoms with van der Waals surface area (Å²) in [5, 5.41) is 0. The van der Waals surface area contributed by atoms with Crippen molar-refractivity contribution in [2.45, 2.75) is 52.1 Å². The molecule has 0 bridgehead atoms. The average molecular weight is 229 g/mol. The van der Waals surface area contributed by atoms with E-state index in [0.717, 1.165) is 6.42 Å². The van der Waals surface area contributed by atoms with Gasteiger partial charge in [0.1, 0.15) is 6.61 Å². The minimum Gasteiger partial charge on any atom is -0.499 e. The number of hydrogen-bond acceptors (Lipinski definition) is 3. The number of ether oxygens (including phenoxy) is 2. The predicted molar refractivity (Wildman–Crippen MR) is 68.3 cm³/mol. The summed E-state index contributed by atoms with van der Waals surface area (Å²) in [6, 6.07) is 0. The lowest BCUT2D eigenvalue weighted by Crippen LogP contribution is -2.19. The van der Waals surface area contributed by atoms with Crippen molar-refractivity contribution in [3.8, 4) is 0 Å². The van der Waals surface area contributed by atoms with Gasteiger partial charge in [-0.15, -0.1) is 0 Å². The summed E-state index contributed by atoms with van der Waals surface area (Å²) in [7, 11) is 0. The zero-order chi connectivity index (χ0) is 12.1. The van der Waals surface area contributed by atoms with Crippen molar-refractivity contribution in [3.63, 3.8) is 0 Å². The van der Waals surface area contributed by atoms with E-state index in [1.54, 1.807) is 6.26 Å². The fourth-order valence-electron chi connectivity index (χ4n) is 1.33. The van der Waals surface area contributed by atoms with Crippen LogP contribution in [0.3, 0.4) is 0 Å². The number of rotatable bonds is 11.